The van der Waals surface area contributed by atoms with Crippen molar-refractivity contribution in [3.63, 3.8) is 0 Å². The summed E-state index contributed by atoms with van der Waals surface area (Å²) in [6.45, 7) is 0.177. The highest BCUT2D eigenvalue weighted by Crippen LogP contribution is 2.24. The molecule has 1 fully saturated rings. The van der Waals surface area contributed by atoms with Crippen LogP contribution in [-0.2, 0) is 17.8 Å². The van der Waals surface area contributed by atoms with Crippen molar-refractivity contribution in [3.8, 4) is 5.75 Å². The molecule has 1 aliphatic rings. The Hall–Kier alpha value is -2.24. The summed E-state index contributed by atoms with van der Waals surface area (Å²) in [4.78, 5) is 26.0. The fourth-order valence-corrected chi connectivity index (χ4v) is 3.37. The van der Waals surface area contributed by atoms with E-state index in [1.807, 2.05) is 24.3 Å². The second-order valence-corrected chi connectivity index (χ2v) is 7.23. The smallest absolute Gasteiger partial charge is 0.325 e. The molecule has 27 heavy (non-hydrogen) atoms. The third kappa shape index (κ3) is 4.73. The van der Waals surface area contributed by atoms with E-state index in [-0.39, 0.29) is 18.5 Å². The van der Waals surface area contributed by atoms with Gasteiger partial charge in [-0.3, -0.25) is 9.69 Å². The first-order valence-corrected chi connectivity index (χ1v) is 9.42. The average molecular weight is 407 g/mol. The average Bonchev–Trinajstić information content (AvgIpc) is 2.93. The van der Waals surface area contributed by atoms with E-state index in [4.69, 9.17) is 27.9 Å². The van der Waals surface area contributed by atoms with E-state index in [0.29, 0.717) is 16.5 Å². The van der Waals surface area contributed by atoms with Gasteiger partial charge >= 0.3 is 6.03 Å². The number of urea groups is 1. The van der Waals surface area contributed by atoms with Gasteiger partial charge in [-0.25, -0.2) is 4.79 Å². The maximum atomic E-state index is 12.6. The minimum absolute atomic E-state index is 0.177. The number of benzene rings is 2. The Morgan fingerprint density at radius 3 is 2.41 bits per heavy atom. The maximum absolute atomic E-state index is 12.6. The van der Waals surface area contributed by atoms with E-state index in [1.54, 1.807) is 25.3 Å². The van der Waals surface area contributed by atoms with Gasteiger partial charge in [-0.2, -0.15) is 0 Å². The summed E-state index contributed by atoms with van der Waals surface area (Å²) in [6.07, 6.45) is 2.22. The number of carbonyl (C=O) groups is 2. The monoisotopic (exact) mass is 406 g/mol. The van der Waals surface area contributed by atoms with Crippen molar-refractivity contribution >= 4 is 35.1 Å². The van der Waals surface area contributed by atoms with Crippen molar-refractivity contribution in [3.05, 3.63) is 63.6 Å². The minimum atomic E-state index is -0.487. The number of hydrogen-bond donors (Lipinski definition) is 1. The number of carbonyl (C=O) groups excluding carboxylic acids is 2. The summed E-state index contributed by atoms with van der Waals surface area (Å²) in [5.41, 5.74) is 1.92. The maximum Gasteiger partial charge on any atom is 0.325 e. The molecular formula is C20H20Cl2N2O3. The molecule has 5 nitrogen and oxygen atoms in total. The molecule has 0 spiro atoms. The molecule has 1 atom stereocenters. The van der Waals surface area contributed by atoms with Crippen LogP contribution in [0, 0.1) is 0 Å². The summed E-state index contributed by atoms with van der Waals surface area (Å²) in [5, 5.41) is 3.60. The summed E-state index contributed by atoms with van der Waals surface area (Å²) in [6, 6.07) is 12.1. The van der Waals surface area contributed by atoms with Crippen LogP contribution in [0.25, 0.3) is 0 Å². The van der Waals surface area contributed by atoms with Gasteiger partial charge in [0.2, 0.25) is 0 Å². The number of halogens is 2. The van der Waals surface area contributed by atoms with Crippen LogP contribution in [-0.4, -0.2) is 30.0 Å². The van der Waals surface area contributed by atoms with Gasteiger partial charge in [-0.1, -0.05) is 41.4 Å². The van der Waals surface area contributed by atoms with Crippen molar-refractivity contribution in [2.75, 3.05) is 7.11 Å². The molecule has 142 valence electrons. The van der Waals surface area contributed by atoms with E-state index < -0.39 is 6.04 Å². The van der Waals surface area contributed by atoms with Crippen LogP contribution in [0.15, 0.2) is 42.5 Å². The molecule has 1 aliphatic heterocycles. The second kappa shape index (κ2) is 8.63. The number of methoxy groups -OCH3 is 1. The number of imide groups is 1. The number of rotatable bonds is 7. The Balaban J connectivity index is 1.54. The summed E-state index contributed by atoms with van der Waals surface area (Å²) >= 11 is 11.9. The van der Waals surface area contributed by atoms with E-state index in [2.05, 4.69) is 5.32 Å². The third-order valence-electron chi connectivity index (χ3n) is 4.55. The Bertz CT molecular complexity index is 840. The standard InChI is InChI=1S/C20H20Cl2N2O3/c1-27-15-8-5-13(6-9-15)3-2-4-18-19(25)24(20(26)23-18)12-14-7-10-16(21)17(22)11-14/h5-11,18H,2-4,12H2,1H3,(H,23,26). The number of aryl methyl sites for hydroxylation is 1. The molecule has 1 saturated heterocycles. The summed E-state index contributed by atoms with van der Waals surface area (Å²) in [7, 11) is 1.63. The van der Waals surface area contributed by atoms with Crippen molar-refractivity contribution in [1.29, 1.82) is 0 Å². The molecule has 1 heterocycles. The van der Waals surface area contributed by atoms with Crippen LogP contribution in [0.4, 0.5) is 4.79 Å². The first kappa shape index (κ1) is 19.5. The van der Waals surface area contributed by atoms with Gasteiger partial charge in [0, 0.05) is 0 Å². The SMILES string of the molecule is COc1ccc(CCCC2NC(=O)N(Cc3ccc(Cl)c(Cl)c3)C2=O)cc1. The molecule has 3 rings (SSSR count). The first-order chi connectivity index (χ1) is 13.0. The number of ether oxygens (including phenoxy) is 1. The number of nitrogens with one attached hydrogen (secondary N) is 1. The van der Waals surface area contributed by atoms with Gasteiger partial charge in [-0.15, -0.1) is 0 Å². The Morgan fingerprint density at radius 1 is 1.04 bits per heavy atom. The second-order valence-electron chi connectivity index (χ2n) is 6.42. The molecule has 2 aromatic rings. The molecule has 0 saturated carbocycles. The van der Waals surface area contributed by atoms with Gasteiger partial charge < -0.3 is 10.1 Å². The molecule has 1 N–H and O–H groups in total. The molecular weight excluding hydrogens is 387 g/mol. The third-order valence-corrected chi connectivity index (χ3v) is 5.29. The Kier molecular flexibility index (Phi) is 6.24. The lowest BCUT2D eigenvalue weighted by molar-refractivity contribution is -0.128. The molecule has 2 aromatic carbocycles. The first-order valence-electron chi connectivity index (χ1n) is 8.66. The van der Waals surface area contributed by atoms with Crippen LogP contribution >= 0.6 is 23.2 Å². The zero-order valence-electron chi connectivity index (χ0n) is 14.9. The van der Waals surface area contributed by atoms with E-state index in [0.717, 1.165) is 24.2 Å². The van der Waals surface area contributed by atoms with Gasteiger partial charge in [0.1, 0.15) is 11.8 Å². The van der Waals surface area contributed by atoms with Crippen LogP contribution < -0.4 is 10.1 Å². The van der Waals surface area contributed by atoms with Gasteiger partial charge in [0.15, 0.2) is 0 Å². The highest BCUT2D eigenvalue weighted by Gasteiger charge is 2.37. The van der Waals surface area contributed by atoms with Crippen molar-refractivity contribution < 1.29 is 14.3 Å². The highest BCUT2D eigenvalue weighted by atomic mass is 35.5. The van der Waals surface area contributed by atoms with E-state index >= 15 is 0 Å². The molecule has 0 aromatic heterocycles. The molecule has 7 heteroatoms. The van der Waals surface area contributed by atoms with E-state index in [9.17, 15) is 9.59 Å². The Labute approximate surface area is 168 Å². The normalized spacial score (nSPS) is 16.6. The van der Waals surface area contributed by atoms with Crippen molar-refractivity contribution in [2.24, 2.45) is 0 Å². The molecule has 0 aliphatic carbocycles. The fraction of sp³-hybridized carbons (Fsp3) is 0.300. The number of hydrogen-bond acceptors (Lipinski definition) is 3. The summed E-state index contributed by atoms with van der Waals surface area (Å²) < 4.78 is 5.14. The largest absolute Gasteiger partial charge is 0.497 e. The number of nitrogens with zero attached hydrogens (tertiary/aromatic N) is 1. The molecule has 3 amide bonds. The lowest BCUT2D eigenvalue weighted by atomic mass is 10.0. The van der Waals surface area contributed by atoms with Crippen LogP contribution in [0.5, 0.6) is 5.75 Å². The molecule has 0 radical (unpaired) electrons. The fourth-order valence-electron chi connectivity index (χ4n) is 3.05. The topological polar surface area (TPSA) is 58.6 Å². The van der Waals surface area contributed by atoms with Crippen molar-refractivity contribution in [1.82, 2.24) is 10.2 Å². The number of amides is 3. The van der Waals surface area contributed by atoms with Crippen LogP contribution in [0.1, 0.15) is 24.0 Å². The Morgan fingerprint density at radius 2 is 1.74 bits per heavy atom. The van der Waals surface area contributed by atoms with Gasteiger partial charge in [0.05, 0.1) is 23.7 Å². The highest BCUT2D eigenvalue weighted by molar-refractivity contribution is 6.42. The van der Waals surface area contributed by atoms with Crippen LogP contribution in [0.3, 0.4) is 0 Å². The van der Waals surface area contributed by atoms with Gasteiger partial charge in [0.25, 0.3) is 5.91 Å². The summed E-state index contributed by atoms with van der Waals surface area (Å²) in [5.74, 6) is 0.607. The zero-order valence-corrected chi connectivity index (χ0v) is 16.4. The predicted molar refractivity (Wildman–Crippen MR) is 105 cm³/mol. The lowest BCUT2D eigenvalue weighted by Crippen LogP contribution is -2.31. The quantitative estimate of drug-likeness (QED) is 0.691. The molecule has 1 unspecified atom stereocenters. The molecule has 0 bridgehead atoms. The predicted octanol–water partition coefficient (Wildman–Crippen LogP) is 4.45. The van der Waals surface area contributed by atoms with Gasteiger partial charge in [-0.05, 0) is 54.7 Å². The zero-order chi connectivity index (χ0) is 19.4. The van der Waals surface area contributed by atoms with Crippen molar-refractivity contribution in [2.45, 2.75) is 31.8 Å². The van der Waals surface area contributed by atoms with E-state index in [1.165, 1.54) is 10.5 Å². The minimum Gasteiger partial charge on any atom is -0.497 e. The van der Waals surface area contributed by atoms with Crippen LogP contribution in [0.2, 0.25) is 10.0 Å². The lowest BCUT2D eigenvalue weighted by Gasteiger charge is -2.13.